The van der Waals surface area contributed by atoms with E-state index >= 15 is 0 Å². The van der Waals surface area contributed by atoms with E-state index in [0.29, 0.717) is 0 Å². The van der Waals surface area contributed by atoms with Crippen LogP contribution in [0.2, 0.25) is 0 Å². The van der Waals surface area contributed by atoms with E-state index in [-0.39, 0.29) is 18.4 Å². The molecule has 0 heterocycles. The van der Waals surface area contributed by atoms with Crippen LogP contribution >= 0.6 is 15.9 Å². The van der Waals surface area contributed by atoms with Crippen molar-refractivity contribution >= 4 is 33.5 Å². The fourth-order valence-corrected chi connectivity index (χ4v) is 2.65. The smallest absolute Gasteiger partial charge is 0.332 e. The third-order valence-electron chi connectivity index (χ3n) is 3.94. The Hall–Kier alpha value is -1.36. The second-order valence-corrected chi connectivity index (χ2v) is 6.95. The van der Waals surface area contributed by atoms with Crippen LogP contribution in [-0.2, 0) is 27.2 Å². The third-order valence-corrected chi connectivity index (χ3v) is 5.54. The van der Waals surface area contributed by atoms with Crippen LogP contribution in [-0.4, -0.2) is 22.8 Å². The molecular formula is C18H26BrNO3. The molecule has 1 rings (SSSR count). The molecule has 1 N–H and O–H groups in total. The quantitative estimate of drug-likeness (QED) is 0.438. The van der Waals surface area contributed by atoms with Crippen LogP contribution in [0.15, 0.2) is 18.2 Å². The molecule has 5 heteroatoms. The Morgan fingerprint density at radius 3 is 2.09 bits per heavy atom. The van der Waals surface area contributed by atoms with Gasteiger partial charge in [-0.2, -0.15) is 0 Å². The molecule has 0 saturated carbocycles. The van der Waals surface area contributed by atoms with Crippen LogP contribution in [0.5, 0.6) is 0 Å². The number of alkyl halides is 1. The van der Waals surface area contributed by atoms with E-state index in [0.717, 1.165) is 29.7 Å². The second-order valence-electron chi connectivity index (χ2n) is 5.70. The van der Waals surface area contributed by atoms with Crippen LogP contribution in [0.1, 0.15) is 45.7 Å². The average molecular weight is 384 g/mol. The van der Waals surface area contributed by atoms with Gasteiger partial charge in [0.05, 0.1) is 6.61 Å². The summed E-state index contributed by atoms with van der Waals surface area (Å²) in [5.41, 5.74) is 2.91. The summed E-state index contributed by atoms with van der Waals surface area (Å²) in [6, 6.07) is 5.97. The van der Waals surface area contributed by atoms with Gasteiger partial charge in [0.1, 0.15) is 0 Å². The fraction of sp³-hybridized carbons (Fsp3) is 0.556. The number of esters is 1. The number of hydrogen-bond acceptors (Lipinski definition) is 3. The van der Waals surface area contributed by atoms with Crippen molar-refractivity contribution in [3.8, 4) is 0 Å². The van der Waals surface area contributed by atoms with Crippen molar-refractivity contribution in [1.29, 1.82) is 0 Å². The highest BCUT2D eigenvalue weighted by Gasteiger charge is 2.48. The summed E-state index contributed by atoms with van der Waals surface area (Å²) in [5.74, 6) is -1.19. The molecule has 0 aromatic heterocycles. The van der Waals surface area contributed by atoms with E-state index in [9.17, 15) is 9.59 Å². The number of nitrogens with one attached hydrogen (secondary N) is 1. The van der Waals surface area contributed by atoms with Crippen LogP contribution < -0.4 is 5.32 Å². The van der Waals surface area contributed by atoms with Gasteiger partial charge in [0.2, 0.25) is 4.32 Å². The van der Waals surface area contributed by atoms with Crippen LogP contribution in [0.4, 0.5) is 5.69 Å². The number of aryl methyl sites for hydroxylation is 2. The summed E-state index contributed by atoms with van der Waals surface area (Å²) in [6.07, 6.45) is 1.61. The number of hydrogen-bond donors (Lipinski definition) is 1. The lowest BCUT2D eigenvalue weighted by atomic mass is 9.93. The van der Waals surface area contributed by atoms with E-state index in [1.807, 2.05) is 45.9 Å². The number of halogens is 1. The van der Waals surface area contributed by atoms with Crippen molar-refractivity contribution in [3.05, 3.63) is 29.3 Å². The molecule has 1 amide bonds. The molecule has 0 aliphatic heterocycles. The molecule has 1 unspecified atom stereocenters. The third kappa shape index (κ3) is 4.14. The van der Waals surface area contributed by atoms with Gasteiger partial charge in [-0.25, -0.2) is 4.79 Å². The van der Waals surface area contributed by atoms with Crippen molar-refractivity contribution < 1.29 is 14.3 Å². The van der Waals surface area contributed by atoms with E-state index in [1.165, 1.54) is 0 Å². The summed E-state index contributed by atoms with van der Waals surface area (Å²) in [5, 5.41) is 2.96. The van der Waals surface area contributed by atoms with E-state index < -0.39 is 10.3 Å². The van der Waals surface area contributed by atoms with Gasteiger partial charge < -0.3 is 10.1 Å². The number of rotatable bonds is 7. The summed E-state index contributed by atoms with van der Waals surface area (Å²) in [6.45, 7) is 9.68. The van der Waals surface area contributed by atoms with Crippen LogP contribution in [0, 0.1) is 5.92 Å². The van der Waals surface area contributed by atoms with Gasteiger partial charge in [-0.3, -0.25) is 4.79 Å². The van der Waals surface area contributed by atoms with E-state index in [2.05, 4.69) is 21.2 Å². The minimum absolute atomic E-state index is 0.234. The van der Waals surface area contributed by atoms with E-state index in [4.69, 9.17) is 4.74 Å². The lowest BCUT2D eigenvalue weighted by Crippen LogP contribution is -2.49. The predicted molar refractivity (Wildman–Crippen MR) is 97.0 cm³/mol. The van der Waals surface area contributed by atoms with Gasteiger partial charge >= 0.3 is 5.97 Å². The highest BCUT2D eigenvalue weighted by molar-refractivity contribution is 9.10. The topological polar surface area (TPSA) is 55.4 Å². The highest BCUT2D eigenvalue weighted by atomic mass is 79.9. The maximum atomic E-state index is 12.9. The van der Waals surface area contributed by atoms with Gasteiger partial charge in [0.15, 0.2) is 0 Å². The van der Waals surface area contributed by atoms with Gasteiger partial charge in [-0.1, -0.05) is 61.8 Å². The Bertz CT molecular complexity index is 549. The summed E-state index contributed by atoms with van der Waals surface area (Å²) >= 11 is 3.35. The molecule has 0 bridgehead atoms. The normalized spacial score (nSPS) is 13.5. The molecule has 0 saturated heterocycles. The Balaban J connectivity index is 3.21. The Labute approximate surface area is 147 Å². The van der Waals surface area contributed by atoms with Crippen molar-refractivity contribution in [2.24, 2.45) is 5.92 Å². The first-order valence-electron chi connectivity index (χ1n) is 8.11. The van der Waals surface area contributed by atoms with Gasteiger partial charge in [-0.05, 0) is 36.8 Å². The second kappa shape index (κ2) is 8.48. The molecule has 0 spiro atoms. The molecule has 128 valence electrons. The number of para-hydroxylation sites is 1. The molecular weight excluding hydrogens is 358 g/mol. The van der Waals surface area contributed by atoms with Crippen LogP contribution in [0.25, 0.3) is 0 Å². The molecule has 4 nitrogen and oxygen atoms in total. The van der Waals surface area contributed by atoms with Crippen molar-refractivity contribution in [2.45, 2.75) is 51.8 Å². The molecule has 1 aromatic rings. The number of carbonyl (C=O) groups excluding carboxylic acids is 2. The van der Waals surface area contributed by atoms with Crippen molar-refractivity contribution in [1.82, 2.24) is 0 Å². The zero-order chi connectivity index (χ0) is 17.6. The predicted octanol–water partition coefficient (Wildman–Crippen LogP) is 4.10. The summed E-state index contributed by atoms with van der Waals surface area (Å²) < 4.78 is 3.70. The molecule has 0 aliphatic rings. The number of ether oxygens (including phenoxy) is 1. The molecule has 1 atom stereocenters. The van der Waals surface area contributed by atoms with Gasteiger partial charge in [-0.15, -0.1) is 0 Å². The van der Waals surface area contributed by atoms with E-state index in [1.54, 1.807) is 6.92 Å². The first kappa shape index (κ1) is 19.7. The molecule has 0 radical (unpaired) electrons. The Morgan fingerprint density at radius 2 is 1.70 bits per heavy atom. The minimum atomic E-state index is -1.39. The monoisotopic (exact) mass is 383 g/mol. The summed E-state index contributed by atoms with van der Waals surface area (Å²) in [4.78, 5) is 25.2. The maximum absolute atomic E-state index is 12.9. The molecule has 1 aromatic carbocycles. The fourth-order valence-electron chi connectivity index (χ4n) is 2.43. The Kier molecular flexibility index (Phi) is 7.26. The van der Waals surface area contributed by atoms with Gasteiger partial charge in [0, 0.05) is 5.69 Å². The lowest BCUT2D eigenvalue weighted by molar-refractivity contribution is -0.149. The molecule has 0 aliphatic carbocycles. The lowest BCUT2D eigenvalue weighted by Gasteiger charge is -2.28. The average Bonchev–Trinajstić information content (AvgIpc) is 2.53. The maximum Gasteiger partial charge on any atom is 0.332 e. The highest BCUT2D eigenvalue weighted by Crippen LogP contribution is 2.32. The Morgan fingerprint density at radius 1 is 1.17 bits per heavy atom. The molecule has 23 heavy (non-hydrogen) atoms. The zero-order valence-electron chi connectivity index (χ0n) is 14.5. The largest absolute Gasteiger partial charge is 0.465 e. The number of anilines is 1. The summed E-state index contributed by atoms with van der Waals surface area (Å²) in [7, 11) is 0. The van der Waals surface area contributed by atoms with Gasteiger partial charge in [0.25, 0.3) is 5.91 Å². The number of carbonyl (C=O) groups is 2. The number of benzene rings is 1. The number of amides is 1. The molecule has 0 fully saturated rings. The first-order valence-corrected chi connectivity index (χ1v) is 8.90. The van der Waals surface area contributed by atoms with Crippen LogP contribution in [0.3, 0.4) is 0 Å². The SMILES string of the molecule is CCOC(=O)C(Br)(C(=O)Nc1c(CC)cccc1CC)C(C)C. The van der Waals surface area contributed by atoms with Crippen molar-refractivity contribution in [3.63, 3.8) is 0 Å². The minimum Gasteiger partial charge on any atom is -0.465 e. The zero-order valence-corrected chi connectivity index (χ0v) is 16.1. The first-order chi connectivity index (χ1) is 10.8. The standard InChI is InChI=1S/C18H26BrNO3/c1-6-13-10-9-11-14(7-2)15(13)20-16(21)18(19,12(4)5)17(22)23-8-3/h9-12H,6-8H2,1-5H3,(H,20,21). The van der Waals surface area contributed by atoms with Crippen molar-refractivity contribution in [2.75, 3.05) is 11.9 Å².